The number of ether oxygens (including phenoxy) is 1. The second kappa shape index (κ2) is 14.9. The average Bonchev–Trinajstić information content (AvgIpc) is 3.88. The molecule has 282 valence electrons. The maximum Gasteiger partial charge on any atom is 0.410 e. The summed E-state index contributed by atoms with van der Waals surface area (Å²) in [7, 11) is -3.89. The van der Waals surface area contributed by atoms with Crippen molar-refractivity contribution in [1.29, 1.82) is 0 Å². The molecule has 1 saturated heterocycles. The molecule has 52 heavy (non-hydrogen) atoms. The molecule has 0 bridgehead atoms. The molecule has 4 fully saturated rings. The van der Waals surface area contributed by atoms with Gasteiger partial charge in [0.2, 0.25) is 21.8 Å². The Morgan fingerprint density at radius 1 is 1.00 bits per heavy atom. The van der Waals surface area contributed by atoms with Crippen LogP contribution in [0.2, 0.25) is 0 Å². The second-order valence-corrected chi connectivity index (χ2v) is 17.5. The van der Waals surface area contributed by atoms with E-state index in [1.807, 2.05) is 12.2 Å². The van der Waals surface area contributed by atoms with Gasteiger partial charge in [-0.15, -0.1) is 0 Å². The number of rotatable bonds is 6. The van der Waals surface area contributed by atoms with Crippen molar-refractivity contribution in [2.24, 2.45) is 5.92 Å². The van der Waals surface area contributed by atoms with Gasteiger partial charge in [0.25, 0.3) is 5.91 Å². The molecule has 1 unspecified atom stereocenters. The van der Waals surface area contributed by atoms with E-state index in [-0.39, 0.29) is 44.4 Å². The van der Waals surface area contributed by atoms with Crippen molar-refractivity contribution in [3.05, 3.63) is 47.3 Å². The molecule has 0 spiro atoms. The number of thiocarbonyl (C=S) groups is 1. The first-order chi connectivity index (χ1) is 24.9. The quantitative estimate of drug-likeness (QED) is 0.250. The molecule has 1 aromatic carbocycles. The molecule has 6 aliphatic rings. The fourth-order valence-corrected chi connectivity index (χ4v) is 9.70. The highest BCUT2D eigenvalue weighted by Crippen LogP contribution is 2.46. The van der Waals surface area contributed by atoms with Gasteiger partial charge in [0, 0.05) is 30.5 Å². The highest BCUT2D eigenvalue weighted by atomic mass is 32.2. The molecule has 3 aliphatic heterocycles. The van der Waals surface area contributed by atoms with Gasteiger partial charge in [0.1, 0.15) is 29.5 Å². The zero-order valence-corrected chi connectivity index (χ0v) is 30.7. The Morgan fingerprint density at radius 3 is 2.52 bits per heavy atom. The van der Waals surface area contributed by atoms with Crippen LogP contribution in [0.15, 0.2) is 30.4 Å². The van der Waals surface area contributed by atoms with Gasteiger partial charge >= 0.3 is 6.09 Å². The summed E-state index contributed by atoms with van der Waals surface area (Å²) >= 11 is 5.65. The van der Waals surface area contributed by atoms with Crippen molar-refractivity contribution >= 4 is 51.2 Å². The summed E-state index contributed by atoms with van der Waals surface area (Å²) in [6.07, 6.45) is 11.1. The molecule has 7 rings (SSSR count). The smallest absolute Gasteiger partial charge is 0.410 e. The first-order valence-corrected chi connectivity index (χ1v) is 20.5. The second-order valence-electron chi connectivity index (χ2n) is 15.1. The molecule has 3 heterocycles. The van der Waals surface area contributed by atoms with Gasteiger partial charge < -0.3 is 25.6 Å². The third-order valence-electron chi connectivity index (χ3n) is 11.3. The van der Waals surface area contributed by atoms with Gasteiger partial charge in [0.15, 0.2) is 5.11 Å². The van der Waals surface area contributed by atoms with Crippen LogP contribution in [0.1, 0.15) is 94.6 Å². The molecule has 0 aromatic heterocycles. The Bertz CT molecular complexity index is 1750. The lowest BCUT2D eigenvalue weighted by Crippen LogP contribution is -2.59. The van der Waals surface area contributed by atoms with Crippen molar-refractivity contribution in [2.45, 2.75) is 132 Å². The lowest BCUT2D eigenvalue weighted by atomic mass is 10.0. The SMILES string of the molecule is O=C1N[C@]2(C(=O)NS(=O)(=O)C3CC3)C[C@H]2C=CCCCCC[C@H](NC(=S)NC2CCCC2)C(=O)N2CC(OC(=O)N3Cc4cccc(F)c4C3)C[C@@H]12. The van der Waals surface area contributed by atoms with Crippen molar-refractivity contribution in [3.63, 3.8) is 0 Å². The van der Waals surface area contributed by atoms with Crippen molar-refractivity contribution in [2.75, 3.05) is 6.54 Å². The molecule has 5 atom stereocenters. The van der Waals surface area contributed by atoms with Crippen molar-refractivity contribution in [3.8, 4) is 0 Å². The summed E-state index contributed by atoms with van der Waals surface area (Å²) in [5, 5.41) is 9.13. The van der Waals surface area contributed by atoms with E-state index < -0.39 is 68.6 Å². The molecule has 16 heteroatoms. The van der Waals surface area contributed by atoms with Crippen LogP contribution >= 0.6 is 12.2 Å². The Hall–Kier alpha value is -3.79. The van der Waals surface area contributed by atoms with E-state index in [1.165, 1.54) is 15.9 Å². The Morgan fingerprint density at radius 2 is 1.77 bits per heavy atom. The van der Waals surface area contributed by atoms with E-state index >= 15 is 0 Å². The maximum atomic E-state index is 14.5. The fourth-order valence-electron chi connectivity index (χ4n) is 8.03. The number of nitrogens with one attached hydrogen (secondary N) is 4. The minimum atomic E-state index is -3.89. The largest absolute Gasteiger partial charge is 0.444 e. The van der Waals surface area contributed by atoms with E-state index in [9.17, 15) is 32.0 Å². The van der Waals surface area contributed by atoms with E-state index in [2.05, 4.69) is 20.7 Å². The highest BCUT2D eigenvalue weighted by molar-refractivity contribution is 7.91. The van der Waals surface area contributed by atoms with Crippen molar-refractivity contribution < 1.29 is 36.7 Å². The molecule has 13 nitrogen and oxygen atoms in total. The topological polar surface area (TPSA) is 166 Å². The van der Waals surface area contributed by atoms with Crippen LogP contribution in [-0.2, 0) is 42.2 Å². The van der Waals surface area contributed by atoms with Gasteiger partial charge in [-0.25, -0.2) is 17.6 Å². The summed E-state index contributed by atoms with van der Waals surface area (Å²) in [5.41, 5.74) is -0.402. The van der Waals surface area contributed by atoms with E-state index in [1.54, 1.807) is 12.1 Å². The number of hydrogen-bond acceptors (Lipinski definition) is 8. The van der Waals surface area contributed by atoms with Gasteiger partial charge in [-0.2, -0.15) is 0 Å². The van der Waals surface area contributed by atoms with Crippen LogP contribution in [-0.4, -0.2) is 88.7 Å². The standard InChI is InChI=1S/C36H47FN6O7S2/c37-28-13-8-9-22-19-42(21-27(22)28)35(47)50-25-17-30-31(44)40-36(33(46)41-52(48,49)26-15-16-26)18-23(36)10-4-2-1-3-5-14-29(32(45)43(30)20-25)39-34(51)38-24-11-6-7-12-24/h4,8-10,13,23-26,29-30H,1-3,5-7,11-12,14-21H2,(H,40,44)(H,41,46)(H2,38,39,51)/t23-,25?,29+,30+,36-/m1/s1. The van der Waals surface area contributed by atoms with Crippen LogP contribution in [0.3, 0.4) is 0 Å². The molecule has 3 saturated carbocycles. The summed E-state index contributed by atoms with van der Waals surface area (Å²) in [6, 6.07) is 3.01. The predicted octanol–water partition coefficient (Wildman–Crippen LogP) is 3.03. The number of carbonyl (C=O) groups is 4. The van der Waals surface area contributed by atoms with E-state index in [4.69, 9.17) is 17.0 Å². The summed E-state index contributed by atoms with van der Waals surface area (Å²) in [5.74, 6) is -2.66. The highest BCUT2D eigenvalue weighted by Gasteiger charge is 2.62. The van der Waals surface area contributed by atoms with Crippen LogP contribution in [0, 0.1) is 11.7 Å². The number of carbonyl (C=O) groups excluding carboxylic acids is 4. The lowest BCUT2D eigenvalue weighted by molar-refractivity contribution is -0.141. The Labute approximate surface area is 308 Å². The third kappa shape index (κ3) is 7.92. The maximum absolute atomic E-state index is 14.5. The van der Waals surface area contributed by atoms with Gasteiger partial charge in [-0.05, 0) is 75.2 Å². The molecule has 4 amide bonds. The van der Waals surface area contributed by atoms with Crippen LogP contribution in [0.5, 0.6) is 0 Å². The number of halogens is 1. The molecular formula is C36H47FN6O7S2. The van der Waals surface area contributed by atoms with Gasteiger partial charge in [0.05, 0.1) is 18.3 Å². The van der Waals surface area contributed by atoms with Crippen LogP contribution in [0.25, 0.3) is 0 Å². The monoisotopic (exact) mass is 758 g/mol. The van der Waals surface area contributed by atoms with Crippen LogP contribution in [0.4, 0.5) is 9.18 Å². The molecule has 0 radical (unpaired) electrons. The lowest BCUT2D eigenvalue weighted by Gasteiger charge is -2.30. The number of hydrogen-bond donors (Lipinski definition) is 4. The molecular weight excluding hydrogens is 712 g/mol. The zero-order chi connectivity index (χ0) is 36.6. The average molecular weight is 759 g/mol. The van der Waals surface area contributed by atoms with Crippen LogP contribution < -0.4 is 20.7 Å². The summed E-state index contributed by atoms with van der Waals surface area (Å²) in [4.78, 5) is 58.5. The van der Waals surface area contributed by atoms with Gasteiger partial charge in [-0.3, -0.25) is 24.0 Å². The third-order valence-corrected chi connectivity index (χ3v) is 13.3. The molecule has 4 N–H and O–H groups in total. The minimum absolute atomic E-state index is 0.0356. The first-order valence-electron chi connectivity index (χ1n) is 18.6. The molecule has 3 aliphatic carbocycles. The first kappa shape index (κ1) is 36.6. The number of benzene rings is 1. The number of amides is 4. The number of sulfonamides is 1. The Balaban J connectivity index is 1.12. The summed E-state index contributed by atoms with van der Waals surface area (Å²) < 4.78 is 48.1. The zero-order valence-electron chi connectivity index (χ0n) is 29.1. The minimum Gasteiger partial charge on any atom is -0.444 e. The predicted molar refractivity (Wildman–Crippen MR) is 192 cm³/mol. The van der Waals surface area contributed by atoms with E-state index in [0.29, 0.717) is 41.9 Å². The van der Waals surface area contributed by atoms with E-state index in [0.717, 1.165) is 44.9 Å². The number of nitrogens with zero attached hydrogens (tertiary/aromatic N) is 2. The summed E-state index contributed by atoms with van der Waals surface area (Å²) in [6.45, 7) is 0.115. The normalized spacial score (nSPS) is 29.6. The Kier molecular flexibility index (Phi) is 10.5. The molecule has 1 aromatic rings. The number of fused-ring (bicyclic) bond motifs is 3. The van der Waals surface area contributed by atoms with Gasteiger partial charge in [-0.1, -0.05) is 50.0 Å². The van der Waals surface area contributed by atoms with Crippen molar-refractivity contribution in [1.82, 2.24) is 30.5 Å². The fraction of sp³-hybridized carbons (Fsp3) is 0.639. The number of allylic oxidation sites excluding steroid dienone is 1.